The maximum atomic E-state index is 3.92. The fourth-order valence-corrected chi connectivity index (χ4v) is 0.452. The number of hydrogen-bond donors (Lipinski definition) is 0. The first-order valence-electron chi connectivity index (χ1n) is 2.38. The maximum Gasteiger partial charge on any atom is 0 e. The Morgan fingerprint density at radius 2 is 2.44 bits per heavy atom. The average molecular weight is 288 g/mol. The van der Waals surface area contributed by atoms with E-state index in [2.05, 4.69) is 17.6 Å². The zero-order valence-corrected chi connectivity index (χ0v) is 7.81. The first kappa shape index (κ1) is 8.58. The van der Waals surface area contributed by atoms with E-state index in [1.165, 1.54) is 0 Å². The molecule has 0 aliphatic heterocycles. The Kier molecular flexibility index (Phi) is 4.25. The molecule has 0 radical (unpaired) electrons. The molecular formula is C7H6NW-. The summed E-state index contributed by atoms with van der Waals surface area (Å²) in [5.41, 5.74) is 0.892. The Bertz CT molecular complexity index is 172. The number of rotatable bonds is 1. The van der Waals surface area contributed by atoms with Crippen molar-refractivity contribution in [1.82, 2.24) is 4.98 Å². The normalized spacial score (nSPS) is 7.56. The van der Waals surface area contributed by atoms with Crippen molar-refractivity contribution in [3.63, 3.8) is 0 Å². The monoisotopic (exact) mass is 288 g/mol. The molecule has 0 spiro atoms. The third kappa shape index (κ3) is 2.57. The molecule has 0 aliphatic rings. The molecule has 0 aromatic carbocycles. The van der Waals surface area contributed by atoms with Crippen LogP contribution in [0, 0.1) is 6.07 Å². The van der Waals surface area contributed by atoms with Gasteiger partial charge in [0.1, 0.15) is 0 Å². The largest absolute Gasteiger partial charge is 0.296 e. The average Bonchev–Trinajstić information content (AvgIpc) is 1.90. The van der Waals surface area contributed by atoms with E-state index in [0.717, 1.165) is 5.69 Å². The molecule has 0 saturated carbocycles. The molecular weight excluding hydrogens is 282 g/mol. The van der Waals surface area contributed by atoms with E-state index in [1.54, 1.807) is 12.3 Å². The van der Waals surface area contributed by atoms with Gasteiger partial charge in [0.2, 0.25) is 0 Å². The number of hydrogen-bond acceptors (Lipinski definition) is 1. The van der Waals surface area contributed by atoms with Gasteiger partial charge in [0.15, 0.2) is 0 Å². The molecule has 0 unspecified atom stereocenters. The van der Waals surface area contributed by atoms with Gasteiger partial charge in [0, 0.05) is 21.1 Å². The molecule has 1 aromatic heterocycles. The van der Waals surface area contributed by atoms with E-state index in [9.17, 15) is 0 Å². The van der Waals surface area contributed by atoms with Gasteiger partial charge in [-0.3, -0.25) is 4.98 Å². The van der Waals surface area contributed by atoms with Crippen molar-refractivity contribution >= 4 is 6.08 Å². The minimum atomic E-state index is 0. The second-order valence-electron chi connectivity index (χ2n) is 1.39. The molecule has 1 rings (SSSR count). The first-order chi connectivity index (χ1) is 3.93. The van der Waals surface area contributed by atoms with Crippen LogP contribution < -0.4 is 0 Å². The van der Waals surface area contributed by atoms with Crippen molar-refractivity contribution < 1.29 is 21.1 Å². The molecule has 0 N–H and O–H groups in total. The molecule has 1 heterocycles. The number of nitrogens with zero attached hydrogens (tertiary/aromatic N) is 1. The topological polar surface area (TPSA) is 12.9 Å². The predicted molar refractivity (Wildman–Crippen MR) is 33.2 cm³/mol. The summed E-state index contributed by atoms with van der Waals surface area (Å²) < 4.78 is 0. The van der Waals surface area contributed by atoms with Crippen LogP contribution in [-0.2, 0) is 21.1 Å². The fourth-order valence-electron chi connectivity index (χ4n) is 0.452. The maximum absolute atomic E-state index is 3.92. The van der Waals surface area contributed by atoms with Crippen molar-refractivity contribution in [2.24, 2.45) is 0 Å². The molecule has 0 fully saturated rings. The molecule has 0 saturated heterocycles. The van der Waals surface area contributed by atoms with Crippen LogP contribution in [0.15, 0.2) is 24.9 Å². The summed E-state index contributed by atoms with van der Waals surface area (Å²) >= 11 is 0. The Morgan fingerprint density at radius 1 is 1.67 bits per heavy atom. The van der Waals surface area contributed by atoms with Gasteiger partial charge in [-0.1, -0.05) is 18.9 Å². The molecule has 1 aromatic rings. The smallest absolute Gasteiger partial charge is 0 e. The van der Waals surface area contributed by atoms with Gasteiger partial charge in [-0.15, -0.1) is 0 Å². The molecule has 0 bridgehead atoms. The van der Waals surface area contributed by atoms with Crippen molar-refractivity contribution in [2.75, 3.05) is 0 Å². The second kappa shape index (κ2) is 4.46. The minimum absolute atomic E-state index is 0. The quantitative estimate of drug-likeness (QED) is 0.714. The Labute approximate surface area is 69.1 Å². The zero-order valence-electron chi connectivity index (χ0n) is 4.87. The summed E-state index contributed by atoms with van der Waals surface area (Å²) in [7, 11) is 0. The molecule has 1 nitrogen and oxygen atoms in total. The minimum Gasteiger partial charge on any atom is -0.296 e. The first-order valence-corrected chi connectivity index (χ1v) is 2.38. The Morgan fingerprint density at radius 3 is 2.78 bits per heavy atom. The van der Waals surface area contributed by atoms with E-state index in [1.807, 2.05) is 12.1 Å². The summed E-state index contributed by atoms with van der Waals surface area (Å²) in [6.07, 6.45) is 3.32. The van der Waals surface area contributed by atoms with Gasteiger partial charge in [0.25, 0.3) is 0 Å². The van der Waals surface area contributed by atoms with Gasteiger partial charge >= 0.3 is 0 Å². The third-order valence-electron chi connectivity index (χ3n) is 0.848. The van der Waals surface area contributed by atoms with Crippen molar-refractivity contribution in [3.05, 3.63) is 36.7 Å². The molecule has 0 atom stereocenters. The standard InChI is InChI=1S/C7H6N.W/c1-2-7-5-3-4-6-8-7;/h2-3,5-6H,1H2;/q-1;. The van der Waals surface area contributed by atoms with Gasteiger partial charge < -0.3 is 0 Å². The summed E-state index contributed by atoms with van der Waals surface area (Å²) in [6.45, 7) is 3.55. The van der Waals surface area contributed by atoms with Crippen molar-refractivity contribution in [2.45, 2.75) is 0 Å². The summed E-state index contributed by atoms with van der Waals surface area (Å²) in [6, 6.07) is 6.47. The van der Waals surface area contributed by atoms with Crippen molar-refractivity contribution in [3.8, 4) is 0 Å². The van der Waals surface area contributed by atoms with Crippen LogP contribution in [-0.4, -0.2) is 4.98 Å². The molecule has 2 heteroatoms. The fraction of sp³-hybridized carbons (Fsp3) is 0. The van der Waals surface area contributed by atoms with E-state index < -0.39 is 0 Å². The van der Waals surface area contributed by atoms with Crippen LogP contribution in [0.4, 0.5) is 0 Å². The van der Waals surface area contributed by atoms with E-state index in [-0.39, 0.29) is 21.1 Å². The third-order valence-corrected chi connectivity index (χ3v) is 0.848. The summed E-state index contributed by atoms with van der Waals surface area (Å²) in [4.78, 5) is 3.92. The van der Waals surface area contributed by atoms with Gasteiger partial charge in [-0.25, -0.2) is 12.1 Å². The molecule has 9 heavy (non-hydrogen) atoms. The summed E-state index contributed by atoms with van der Waals surface area (Å²) in [5.74, 6) is 0. The van der Waals surface area contributed by atoms with Crippen LogP contribution in [0.1, 0.15) is 5.69 Å². The van der Waals surface area contributed by atoms with Crippen LogP contribution in [0.2, 0.25) is 0 Å². The van der Waals surface area contributed by atoms with Crippen LogP contribution >= 0.6 is 0 Å². The SMILES string of the molecule is C=Cc1cc[c-]cn1.[W]. The van der Waals surface area contributed by atoms with E-state index >= 15 is 0 Å². The van der Waals surface area contributed by atoms with Crippen LogP contribution in [0.3, 0.4) is 0 Å². The molecule has 0 amide bonds. The van der Waals surface area contributed by atoms with Gasteiger partial charge in [0.05, 0.1) is 0 Å². The van der Waals surface area contributed by atoms with E-state index in [0.29, 0.717) is 0 Å². The summed E-state index contributed by atoms with van der Waals surface area (Å²) in [5, 5.41) is 0. The predicted octanol–water partition coefficient (Wildman–Crippen LogP) is 1.52. The van der Waals surface area contributed by atoms with Crippen LogP contribution in [0.5, 0.6) is 0 Å². The van der Waals surface area contributed by atoms with E-state index in [4.69, 9.17) is 0 Å². The number of pyridine rings is 1. The second-order valence-corrected chi connectivity index (χ2v) is 1.39. The molecule has 0 aliphatic carbocycles. The van der Waals surface area contributed by atoms with Gasteiger partial charge in [-0.05, 0) is 5.69 Å². The van der Waals surface area contributed by atoms with Crippen LogP contribution in [0.25, 0.3) is 6.08 Å². The Hall–Kier alpha value is -0.422. The Balaban J connectivity index is 0.000000640. The zero-order chi connectivity index (χ0) is 5.82. The number of aromatic nitrogens is 1. The molecule has 46 valence electrons. The van der Waals surface area contributed by atoms with Gasteiger partial charge in [-0.2, -0.15) is 6.07 Å². The van der Waals surface area contributed by atoms with Crippen molar-refractivity contribution in [1.29, 1.82) is 0 Å².